The van der Waals surface area contributed by atoms with Crippen molar-refractivity contribution >= 4 is 23.8 Å². The third-order valence-electron chi connectivity index (χ3n) is 6.34. The number of benzene rings is 3. The van der Waals surface area contributed by atoms with Crippen LogP contribution in [0.5, 0.6) is 0 Å². The molecule has 4 heteroatoms. The third kappa shape index (κ3) is 8.32. The van der Waals surface area contributed by atoms with Crippen molar-refractivity contribution in [2.75, 3.05) is 19.6 Å². The highest BCUT2D eigenvalue weighted by Crippen LogP contribution is 2.33. The molecule has 3 aromatic rings. The highest BCUT2D eigenvalue weighted by molar-refractivity contribution is 7.79. The minimum atomic E-state index is -0.591. The second kappa shape index (κ2) is 15.1. The third-order valence-corrected chi connectivity index (χ3v) is 8.79. The monoisotopic (exact) mass is 475 g/mol. The maximum absolute atomic E-state index is 5.67. The van der Waals surface area contributed by atoms with E-state index in [1.54, 1.807) is 0 Å². The average molecular weight is 476 g/mol. The van der Waals surface area contributed by atoms with Gasteiger partial charge in [0, 0.05) is 0 Å². The van der Waals surface area contributed by atoms with Crippen LogP contribution in [0.4, 0.5) is 0 Å². The van der Waals surface area contributed by atoms with Crippen LogP contribution < -0.4 is 33.1 Å². The lowest BCUT2D eigenvalue weighted by atomic mass is 10.1. The Morgan fingerprint density at radius 2 is 0.647 bits per heavy atom. The molecule has 0 aliphatic rings. The van der Waals surface area contributed by atoms with Crippen molar-refractivity contribution in [3.8, 4) is 0 Å². The Kier molecular flexibility index (Phi) is 11.8. The predicted molar refractivity (Wildman–Crippen MR) is 151 cm³/mol. The van der Waals surface area contributed by atoms with Gasteiger partial charge in [0.25, 0.3) is 0 Å². The molecule has 182 valence electrons. The number of aryl methyl sites for hydroxylation is 3. The van der Waals surface area contributed by atoms with Crippen molar-refractivity contribution in [1.29, 1.82) is 0 Å². The summed E-state index contributed by atoms with van der Waals surface area (Å²) >= 11 is 0. The van der Waals surface area contributed by atoms with Gasteiger partial charge in [0.2, 0.25) is 0 Å². The van der Waals surface area contributed by atoms with Crippen LogP contribution in [0, 0.1) is 0 Å². The Bertz CT molecular complexity index is 809. The molecule has 0 saturated carbocycles. The molecule has 0 bridgehead atoms. The first-order valence-electron chi connectivity index (χ1n) is 12.9. The molecule has 0 saturated heterocycles. The zero-order chi connectivity index (χ0) is 24.0. The zero-order valence-corrected chi connectivity index (χ0v) is 21.5. The summed E-state index contributed by atoms with van der Waals surface area (Å²) in [6.45, 7) is 2.31. The smallest absolute Gasteiger partial charge is 0.00772 e. The minimum Gasteiger partial charge on any atom is -0.330 e. The summed E-state index contributed by atoms with van der Waals surface area (Å²) < 4.78 is 0. The van der Waals surface area contributed by atoms with Crippen LogP contribution in [0.25, 0.3) is 0 Å². The van der Waals surface area contributed by atoms with E-state index in [0.717, 1.165) is 77.4 Å². The first-order chi connectivity index (χ1) is 16.7. The van der Waals surface area contributed by atoms with Gasteiger partial charge in [-0.1, -0.05) is 72.8 Å². The van der Waals surface area contributed by atoms with E-state index < -0.39 is 7.92 Å². The number of unbranched alkanes of at least 4 members (excludes halogenated alkanes) is 3. The topological polar surface area (TPSA) is 78.1 Å². The van der Waals surface area contributed by atoms with Crippen molar-refractivity contribution in [3.05, 3.63) is 89.5 Å². The number of hydrogen-bond donors (Lipinski definition) is 3. The minimum absolute atomic E-state index is 0.591. The summed E-state index contributed by atoms with van der Waals surface area (Å²) in [6, 6.07) is 27.9. The lowest BCUT2D eigenvalue weighted by Crippen LogP contribution is -2.21. The second-order valence-electron chi connectivity index (χ2n) is 9.07. The molecule has 0 fully saturated rings. The van der Waals surface area contributed by atoms with E-state index in [4.69, 9.17) is 17.2 Å². The van der Waals surface area contributed by atoms with Crippen LogP contribution in [0.2, 0.25) is 0 Å². The number of nitrogens with two attached hydrogens (primary N) is 3. The molecular weight excluding hydrogens is 433 g/mol. The molecule has 34 heavy (non-hydrogen) atoms. The second-order valence-corrected chi connectivity index (χ2v) is 11.3. The summed E-state index contributed by atoms with van der Waals surface area (Å²) in [5, 5.41) is 4.22. The fourth-order valence-electron chi connectivity index (χ4n) is 4.30. The highest BCUT2D eigenvalue weighted by Gasteiger charge is 2.17. The first-order valence-corrected chi connectivity index (χ1v) is 14.3. The van der Waals surface area contributed by atoms with Crippen LogP contribution in [0.15, 0.2) is 72.8 Å². The SMILES string of the molecule is NCCCCc1ccc(P(c2ccc(CCCCN)cc2)c2ccc(CCCCN)cc2)cc1. The summed E-state index contributed by atoms with van der Waals surface area (Å²) in [5.41, 5.74) is 21.2. The quantitative estimate of drug-likeness (QED) is 0.227. The Labute approximate surface area is 207 Å². The molecule has 6 N–H and O–H groups in total. The molecule has 0 heterocycles. The summed E-state index contributed by atoms with van der Waals surface area (Å²) in [6.07, 6.45) is 10.0. The molecule has 3 aromatic carbocycles. The highest BCUT2D eigenvalue weighted by atomic mass is 31.1. The van der Waals surface area contributed by atoms with Crippen molar-refractivity contribution in [3.63, 3.8) is 0 Å². The standard InChI is InChI=1S/C30H42N3P/c31-22-4-1-7-25-10-16-28(17-11-25)34(29-18-12-26(13-19-29)8-2-5-23-32)30-20-14-27(15-21-30)9-3-6-24-33/h10-21H,1-9,22-24,31-33H2. The molecule has 0 amide bonds. The van der Waals surface area contributed by atoms with E-state index in [2.05, 4.69) is 72.8 Å². The maximum Gasteiger partial charge on any atom is -0.00772 e. The summed E-state index contributed by atoms with van der Waals surface area (Å²) in [4.78, 5) is 0. The first kappa shape index (κ1) is 26.6. The molecule has 0 unspecified atom stereocenters. The molecule has 3 rings (SSSR count). The predicted octanol–water partition coefficient (Wildman–Crippen LogP) is 4.29. The lowest BCUT2D eigenvalue weighted by Gasteiger charge is -2.20. The van der Waals surface area contributed by atoms with Gasteiger partial charge in [0.05, 0.1) is 0 Å². The fraction of sp³-hybridized carbons (Fsp3) is 0.400. The molecule has 3 nitrogen and oxygen atoms in total. The molecule has 0 spiro atoms. The van der Waals surface area contributed by atoms with Crippen LogP contribution >= 0.6 is 7.92 Å². The lowest BCUT2D eigenvalue weighted by molar-refractivity contribution is 0.745. The van der Waals surface area contributed by atoms with Crippen molar-refractivity contribution in [1.82, 2.24) is 0 Å². The molecule has 0 aliphatic carbocycles. The molecule has 0 atom stereocenters. The Morgan fingerprint density at radius 3 is 0.882 bits per heavy atom. The van der Waals surface area contributed by atoms with Gasteiger partial charge in [0.15, 0.2) is 0 Å². The number of hydrogen-bond acceptors (Lipinski definition) is 3. The largest absolute Gasteiger partial charge is 0.330 e. The normalized spacial score (nSPS) is 11.3. The molecule has 0 aromatic heterocycles. The van der Waals surface area contributed by atoms with Crippen molar-refractivity contribution in [2.45, 2.75) is 57.8 Å². The van der Waals surface area contributed by atoms with Crippen LogP contribution in [-0.2, 0) is 19.3 Å². The van der Waals surface area contributed by atoms with E-state index in [0.29, 0.717) is 0 Å². The molecular formula is C30H42N3P. The van der Waals surface area contributed by atoms with Crippen LogP contribution in [0.1, 0.15) is 55.2 Å². The van der Waals surface area contributed by atoms with Crippen LogP contribution in [0.3, 0.4) is 0 Å². The number of rotatable bonds is 15. The van der Waals surface area contributed by atoms with E-state index >= 15 is 0 Å². The van der Waals surface area contributed by atoms with Gasteiger partial charge in [-0.25, -0.2) is 0 Å². The molecule has 0 aliphatic heterocycles. The zero-order valence-electron chi connectivity index (χ0n) is 20.6. The van der Waals surface area contributed by atoms with Crippen molar-refractivity contribution < 1.29 is 0 Å². The average Bonchev–Trinajstić information content (AvgIpc) is 2.87. The van der Waals surface area contributed by atoms with E-state index in [1.165, 1.54) is 32.6 Å². The fourth-order valence-corrected chi connectivity index (χ4v) is 6.54. The summed E-state index contributed by atoms with van der Waals surface area (Å²) in [5.74, 6) is 0. The Hall–Kier alpha value is -2.03. The van der Waals surface area contributed by atoms with Gasteiger partial charge in [-0.15, -0.1) is 0 Å². The Balaban J connectivity index is 1.83. The maximum atomic E-state index is 5.67. The van der Waals surface area contributed by atoms with E-state index in [-0.39, 0.29) is 0 Å². The van der Waals surface area contributed by atoms with Gasteiger partial charge < -0.3 is 17.2 Å². The van der Waals surface area contributed by atoms with Gasteiger partial charge in [-0.3, -0.25) is 0 Å². The van der Waals surface area contributed by atoms with Gasteiger partial charge >= 0.3 is 0 Å². The molecule has 0 radical (unpaired) electrons. The summed E-state index contributed by atoms with van der Waals surface area (Å²) in [7, 11) is -0.591. The van der Waals surface area contributed by atoms with E-state index in [9.17, 15) is 0 Å². The van der Waals surface area contributed by atoms with Gasteiger partial charge in [0.1, 0.15) is 0 Å². The van der Waals surface area contributed by atoms with Crippen LogP contribution in [-0.4, -0.2) is 19.6 Å². The Morgan fingerprint density at radius 1 is 0.382 bits per heavy atom. The van der Waals surface area contributed by atoms with Crippen molar-refractivity contribution in [2.24, 2.45) is 17.2 Å². The van der Waals surface area contributed by atoms with Gasteiger partial charge in [-0.05, 0) is 118 Å². The van der Waals surface area contributed by atoms with E-state index in [1.807, 2.05) is 0 Å². The van der Waals surface area contributed by atoms with Gasteiger partial charge in [-0.2, -0.15) is 0 Å².